The summed E-state index contributed by atoms with van der Waals surface area (Å²) < 4.78 is 0. The van der Waals surface area contributed by atoms with Gasteiger partial charge in [0.15, 0.2) is 0 Å². The average Bonchev–Trinajstić information content (AvgIpc) is 2.53. The predicted molar refractivity (Wildman–Crippen MR) is 93.9 cm³/mol. The van der Waals surface area contributed by atoms with E-state index >= 15 is 0 Å². The first-order valence-electron chi connectivity index (χ1n) is 7.66. The van der Waals surface area contributed by atoms with Crippen LogP contribution in [0.4, 0.5) is 0 Å². The van der Waals surface area contributed by atoms with Gasteiger partial charge in [0.05, 0.1) is 15.6 Å². The zero-order chi connectivity index (χ0) is 17.4. The molecule has 0 bridgehead atoms. The van der Waals surface area contributed by atoms with Crippen molar-refractivity contribution < 1.29 is 9.59 Å². The van der Waals surface area contributed by atoms with Crippen LogP contribution in [0.25, 0.3) is 0 Å². The van der Waals surface area contributed by atoms with Gasteiger partial charge in [-0.05, 0) is 25.5 Å². The normalized spacial score (nSPS) is 13.3. The Labute approximate surface area is 146 Å². The fourth-order valence-electron chi connectivity index (χ4n) is 2.04. The highest BCUT2D eigenvalue weighted by Crippen LogP contribution is 2.25. The average molecular weight is 360 g/mol. The molecule has 0 aliphatic carbocycles. The van der Waals surface area contributed by atoms with Crippen molar-refractivity contribution in [3.05, 3.63) is 33.8 Å². The quantitative estimate of drug-likeness (QED) is 0.667. The Morgan fingerprint density at radius 1 is 1.26 bits per heavy atom. The highest BCUT2D eigenvalue weighted by atomic mass is 35.5. The number of unbranched alkanes of at least 4 members (excludes halogenated alkanes) is 1. The lowest BCUT2D eigenvalue weighted by molar-refractivity contribution is -0.123. The van der Waals surface area contributed by atoms with E-state index < -0.39 is 11.9 Å². The molecule has 2 unspecified atom stereocenters. The van der Waals surface area contributed by atoms with Gasteiger partial charge in [0.1, 0.15) is 6.04 Å². The van der Waals surface area contributed by atoms with Crippen LogP contribution in [0, 0.1) is 0 Å². The zero-order valence-corrected chi connectivity index (χ0v) is 14.9. The van der Waals surface area contributed by atoms with Crippen molar-refractivity contribution >= 4 is 35.0 Å². The Kier molecular flexibility index (Phi) is 8.37. The Bertz CT molecular complexity index is 552. The molecule has 0 radical (unpaired) electrons. The standard InChI is InChI=1S/C16H23Cl2N3O2/c1-3-4-6-11(9-19)21-15(22)10(2)20-16(23)12-7-5-8-13(17)14(12)18/h5,7-8,10-11H,3-4,6,9,19H2,1-2H3,(H,20,23)(H,21,22). The number of amides is 2. The Morgan fingerprint density at radius 3 is 2.57 bits per heavy atom. The van der Waals surface area contributed by atoms with Crippen LogP contribution in [0.2, 0.25) is 10.0 Å². The van der Waals surface area contributed by atoms with E-state index in [4.69, 9.17) is 28.9 Å². The van der Waals surface area contributed by atoms with Crippen LogP contribution >= 0.6 is 23.2 Å². The molecule has 2 atom stereocenters. The molecule has 0 aromatic heterocycles. The summed E-state index contributed by atoms with van der Waals surface area (Å²) in [5.41, 5.74) is 5.89. The smallest absolute Gasteiger partial charge is 0.253 e. The minimum Gasteiger partial charge on any atom is -0.350 e. The summed E-state index contributed by atoms with van der Waals surface area (Å²) in [5, 5.41) is 5.92. The molecule has 128 valence electrons. The third kappa shape index (κ3) is 6.01. The van der Waals surface area contributed by atoms with Gasteiger partial charge in [-0.2, -0.15) is 0 Å². The number of halogens is 2. The van der Waals surface area contributed by atoms with Crippen molar-refractivity contribution in [1.82, 2.24) is 10.6 Å². The number of rotatable bonds is 8. The number of carbonyl (C=O) groups excluding carboxylic acids is 2. The Balaban J connectivity index is 2.63. The summed E-state index contributed by atoms with van der Waals surface area (Å²) in [6.45, 7) is 4.05. The molecule has 23 heavy (non-hydrogen) atoms. The van der Waals surface area contributed by atoms with E-state index in [1.807, 2.05) is 0 Å². The van der Waals surface area contributed by atoms with Gasteiger partial charge in [-0.15, -0.1) is 0 Å². The molecular weight excluding hydrogens is 337 g/mol. The van der Waals surface area contributed by atoms with Crippen molar-refractivity contribution in [2.45, 2.75) is 45.2 Å². The lowest BCUT2D eigenvalue weighted by atomic mass is 10.1. The molecule has 0 spiro atoms. The number of hydrogen-bond acceptors (Lipinski definition) is 3. The summed E-state index contributed by atoms with van der Waals surface area (Å²) in [5.74, 6) is -0.721. The third-order valence-electron chi connectivity index (χ3n) is 3.47. The molecule has 2 amide bonds. The van der Waals surface area contributed by atoms with Crippen LogP contribution in [0.1, 0.15) is 43.5 Å². The van der Waals surface area contributed by atoms with E-state index in [1.165, 1.54) is 0 Å². The summed E-state index contributed by atoms with van der Waals surface area (Å²) >= 11 is 11.9. The second-order valence-corrected chi connectivity index (χ2v) is 6.17. The molecule has 5 nitrogen and oxygen atoms in total. The largest absolute Gasteiger partial charge is 0.350 e. The molecule has 0 aliphatic rings. The second kappa shape index (κ2) is 9.75. The molecule has 4 N–H and O–H groups in total. The number of nitrogens with one attached hydrogen (secondary N) is 2. The maximum atomic E-state index is 12.2. The van der Waals surface area contributed by atoms with Crippen LogP contribution in [0.15, 0.2) is 18.2 Å². The lowest BCUT2D eigenvalue weighted by Gasteiger charge is -2.20. The van der Waals surface area contributed by atoms with Crippen molar-refractivity contribution in [1.29, 1.82) is 0 Å². The van der Waals surface area contributed by atoms with Crippen molar-refractivity contribution in [3.63, 3.8) is 0 Å². The van der Waals surface area contributed by atoms with Gasteiger partial charge in [-0.25, -0.2) is 0 Å². The summed E-state index contributed by atoms with van der Waals surface area (Å²) in [6.07, 6.45) is 2.84. The molecule has 0 saturated carbocycles. The van der Waals surface area contributed by atoms with Gasteiger partial charge in [0.25, 0.3) is 5.91 Å². The Hall–Kier alpha value is -1.30. The van der Waals surface area contributed by atoms with Gasteiger partial charge in [-0.3, -0.25) is 9.59 Å². The number of carbonyl (C=O) groups is 2. The van der Waals surface area contributed by atoms with Crippen LogP contribution in [-0.2, 0) is 4.79 Å². The predicted octanol–water partition coefficient (Wildman–Crippen LogP) is 2.75. The molecule has 1 aromatic carbocycles. The van der Waals surface area contributed by atoms with Crippen LogP contribution in [0.3, 0.4) is 0 Å². The number of hydrogen-bond donors (Lipinski definition) is 3. The first-order chi connectivity index (χ1) is 10.9. The highest BCUT2D eigenvalue weighted by Gasteiger charge is 2.20. The highest BCUT2D eigenvalue weighted by molar-refractivity contribution is 6.43. The van der Waals surface area contributed by atoms with Gasteiger partial charge in [0, 0.05) is 12.6 Å². The zero-order valence-electron chi connectivity index (χ0n) is 13.4. The number of benzene rings is 1. The fourth-order valence-corrected chi connectivity index (χ4v) is 2.43. The Morgan fingerprint density at radius 2 is 1.96 bits per heavy atom. The second-order valence-electron chi connectivity index (χ2n) is 5.38. The SMILES string of the molecule is CCCCC(CN)NC(=O)C(C)NC(=O)c1cccc(Cl)c1Cl. The van der Waals surface area contributed by atoms with Crippen LogP contribution in [-0.4, -0.2) is 30.4 Å². The van der Waals surface area contributed by atoms with Crippen molar-refractivity contribution in [2.75, 3.05) is 6.54 Å². The molecule has 0 fully saturated rings. The minimum atomic E-state index is -0.701. The molecule has 1 aromatic rings. The topological polar surface area (TPSA) is 84.2 Å². The van der Waals surface area contributed by atoms with E-state index in [2.05, 4.69) is 17.6 Å². The van der Waals surface area contributed by atoms with Gasteiger partial charge in [-0.1, -0.05) is 49.0 Å². The third-order valence-corrected chi connectivity index (χ3v) is 4.29. The van der Waals surface area contributed by atoms with Gasteiger partial charge >= 0.3 is 0 Å². The molecule has 0 aliphatic heterocycles. The minimum absolute atomic E-state index is 0.0865. The van der Waals surface area contributed by atoms with E-state index in [-0.39, 0.29) is 22.5 Å². The van der Waals surface area contributed by atoms with E-state index in [1.54, 1.807) is 25.1 Å². The molecule has 0 heterocycles. The molecule has 0 saturated heterocycles. The van der Waals surface area contributed by atoms with Gasteiger partial charge in [0.2, 0.25) is 5.91 Å². The van der Waals surface area contributed by atoms with Crippen molar-refractivity contribution in [3.8, 4) is 0 Å². The molecule has 1 rings (SSSR count). The molecule has 7 heteroatoms. The fraction of sp³-hybridized carbons (Fsp3) is 0.500. The summed E-state index contributed by atoms with van der Waals surface area (Å²) in [4.78, 5) is 24.4. The lowest BCUT2D eigenvalue weighted by Crippen LogP contribution is -2.50. The first-order valence-corrected chi connectivity index (χ1v) is 8.41. The van der Waals surface area contributed by atoms with E-state index in [9.17, 15) is 9.59 Å². The molecular formula is C16H23Cl2N3O2. The van der Waals surface area contributed by atoms with E-state index in [0.717, 1.165) is 19.3 Å². The first kappa shape index (κ1) is 19.7. The monoisotopic (exact) mass is 359 g/mol. The maximum absolute atomic E-state index is 12.2. The summed E-state index contributed by atoms with van der Waals surface area (Å²) in [7, 11) is 0. The van der Waals surface area contributed by atoms with Crippen LogP contribution in [0.5, 0.6) is 0 Å². The van der Waals surface area contributed by atoms with Gasteiger partial charge < -0.3 is 16.4 Å². The summed E-state index contributed by atoms with van der Waals surface area (Å²) in [6, 6.07) is 3.99. The van der Waals surface area contributed by atoms with Crippen LogP contribution < -0.4 is 16.4 Å². The maximum Gasteiger partial charge on any atom is 0.253 e. The van der Waals surface area contributed by atoms with Crippen molar-refractivity contribution in [2.24, 2.45) is 5.73 Å². The van der Waals surface area contributed by atoms with E-state index in [0.29, 0.717) is 11.6 Å². The number of nitrogens with two attached hydrogens (primary N) is 1.